The molecule has 0 amide bonds. The maximum Gasteiger partial charge on any atom is 0.163 e. The highest BCUT2D eigenvalue weighted by Crippen LogP contribution is 2.35. The average Bonchev–Trinajstić information content (AvgIpc) is 2.67. The first kappa shape index (κ1) is 22.7. The van der Waals surface area contributed by atoms with Gasteiger partial charge in [-0.1, -0.05) is 29.3 Å². The lowest BCUT2D eigenvalue weighted by atomic mass is 10.2. The zero-order chi connectivity index (χ0) is 20.4. The Balaban J connectivity index is 2.05. The number of ether oxygens (including phenoxy) is 3. The third kappa shape index (κ3) is 6.79. The number of rotatable bonds is 12. The van der Waals surface area contributed by atoms with Crippen LogP contribution in [-0.4, -0.2) is 38.1 Å². The minimum absolute atomic E-state index is 0.00308. The van der Waals surface area contributed by atoms with E-state index < -0.39 is 5.82 Å². The summed E-state index contributed by atoms with van der Waals surface area (Å²) in [6.07, 6.45) is 0. The molecule has 2 aromatic rings. The Bertz CT molecular complexity index is 741. The molecule has 0 aromatic heterocycles. The molecule has 154 valence electrons. The zero-order valence-corrected chi connectivity index (χ0v) is 17.2. The zero-order valence-electron chi connectivity index (χ0n) is 15.6. The molecule has 0 bridgehead atoms. The second-order valence-corrected chi connectivity index (χ2v) is 6.64. The molecule has 0 aliphatic heterocycles. The van der Waals surface area contributed by atoms with Crippen molar-refractivity contribution in [2.24, 2.45) is 0 Å². The van der Waals surface area contributed by atoms with Gasteiger partial charge in [0.1, 0.15) is 12.4 Å². The Morgan fingerprint density at radius 2 is 1.86 bits per heavy atom. The maximum atomic E-state index is 13.9. The molecule has 0 saturated heterocycles. The molecule has 5 nitrogen and oxygen atoms in total. The molecule has 0 saturated carbocycles. The van der Waals surface area contributed by atoms with Gasteiger partial charge in [0.2, 0.25) is 0 Å². The molecular weight excluding hydrogens is 408 g/mol. The summed E-state index contributed by atoms with van der Waals surface area (Å²) in [5.74, 6) is 0.509. The van der Waals surface area contributed by atoms with Gasteiger partial charge in [0.25, 0.3) is 0 Å². The van der Waals surface area contributed by atoms with Crippen LogP contribution in [0.1, 0.15) is 18.1 Å². The molecule has 0 unspecified atom stereocenters. The van der Waals surface area contributed by atoms with E-state index in [9.17, 15) is 4.39 Å². The van der Waals surface area contributed by atoms with Crippen molar-refractivity contribution in [1.29, 1.82) is 0 Å². The summed E-state index contributed by atoms with van der Waals surface area (Å²) in [6.45, 7) is 4.20. The van der Waals surface area contributed by atoms with Gasteiger partial charge >= 0.3 is 0 Å². The monoisotopic (exact) mass is 431 g/mol. The van der Waals surface area contributed by atoms with Crippen LogP contribution in [0.3, 0.4) is 0 Å². The van der Waals surface area contributed by atoms with Crippen LogP contribution in [0.2, 0.25) is 10.0 Å². The van der Waals surface area contributed by atoms with Gasteiger partial charge in [-0.25, -0.2) is 4.39 Å². The predicted octanol–water partition coefficient (Wildman–Crippen LogP) is 4.21. The molecule has 0 aliphatic rings. The summed E-state index contributed by atoms with van der Waals surface area (Å²) in [7, 11) is 0. The standard InChI is InChI=1S/C20H24Cl2FNO4/c1-2-27-19-10-14(12-24-6-8-26-9-7-25)17(22)11-20(19)28-13-15-16(21)4-3-5-18(15)23/h3-5,10-11,24-25H,2,6-9,12-13H2,1H3. The first-order valence-electron chi connectivity index (χ1n) is 8.97. The third-order valence-electron chi connectivity index (χ3n) is 3.82. The maximum absolute atomic E-state index is 13.9. The van der Waals surface area contributed by atoms with E-state index in [4.69, 9.17) is 42.5 Å². The number of hydrogen-bond acceptors (Lipinski definition) is 5. The highest BCUT2D eigenvalue weighted by Gasteiger charge is 2.14. The summed E-state index contributed by atoms with van der Waals surface area (Å²) in [5.41, 5.74) is 1.11. The molecule has 2 aromatic carbocycles. The Kier molecular flexibility index (Phi) is 9.81. The van der Waals surface area contributed by atoms with Gasteiger partial charge in [-0.15, -0.1) is 0 Å². The molecule has 0 aliphatic carbocycles. The topological polar surface area (TPSA) is 60.0 Å². The van der Waals surface area contributed by atoms with Gasteiger partial charge in [-0.3, -0.25) is 0 Å². The van der Waals surface area contributed by atoms with Crippen molar-refractivity contribution >= 4 is 23.2 Å². The molecule has 0 spiro atoms. The SMILES string of the molecule is CCOc1cc(CNCCOCCO)c(Cl)cc1OCc1c(F)cccc1Cl. The second-order valence-electron chi connectivity index (χ2n) is 5.83. The second kappa shape index (κ2) is 12.1. The van der Waals surface area contributed by atoms with E-state index in [1.54, 1.807) is 24.3 Å². The molecular formula is C20H24Cl2FNO4. The number of halogens is 3. The molecule has 2 N–H and O–H groups in total. The van der Waals surface area contributed by atoms with Gasteiger partial charge in [0.05, 0.1) is 31.5 Å². The summed E-state index contributed by atoms with van der Waals surface area (Å²) in [4.78, 5) is 0. The van der Waals surface area contributed by atoms with Crippen molar-refractivity contribution in [3.05, 3.63) is 57.3 Å². The third-order valence-corrected chi connectivity index (χ3v) is 4.53. The van der Waals surface area contributed by atoms with E-state index in [1.807, 2.05) is 6.92 Å². The van der Waals surface area contributed by atoms with Crippen LogP contribution in [-0.2, 0) is 17.9 Å². The smallest absolute Gasteiger partial charge is 0.163 e. The van der Waals surface area contributed by atoms with Gasteiger partial charge in [-0.05, 0) is 30.7 Å². The lowest BCUT2D eigenvalue weighted by Crippen LogP contribution is -2.20. The van der Waals surface area contributed by atoms with Crippen LogP contribution in [0.15, 0.2) is 30.3 Å². The lowest BCUT2D eigenvalue weighted by Gasteiger charge is -2.16. The molecule has 0 heterocycles. The van der Waals surface area contributed by atoms with E-state index in [2.05, 4.69) is 5.32 Å². The van der Waals surface area contributed by atoms with Gasteiger partial charge in [-0.2, -0.15) is 0 Å². The normalized spacial score (nSPS) is 10.9. The molecule has 2 rings (SSSR count). The van der Waals surface area contributed by atoms with Crippen molar-refractivity contribution in [2.75, 3.05) is 33.0 Å². The van der Waals surface area contributed by atoms with E-state index in [0.29, 0.717) is 54.5 Å². The number of nitrogens with one attached hydrogen (secondary N) is 1. The van der Waals surface area contributed by atoms with Crippen molar-refractivity contribution < 1.29 is 23.7 Å². The highest BCUT2D eigenvalue weighted by molar-refractivity contribution is 6.31. The molecule has 0 atom stereocenters. The Morgan fingerprint density at radius 1 is 1.07 bits per heavy atom. The van der Waals surface area contributed by atoms with Gasteiger partial charge in [0.15, 0.2) is 11.5 Å². The average molecular weight is 432 g/mol. The van der Waals surface area contributed by atoms with E-state index in [1.165, 1.54) is 6.07 Å². The van der Waals surface area contributed by atoms with Crippen LogP contribution >= 0.6 is 23.2 Å². The van der Waals surface area contributed by atoms with Crippen LogP contribution in [0.4, 0.5) is 4.39 Å². The predicted molar refractivity (Wildman–Crippen MR) is 108 cm³/mol. The van der Waals surface area contributed by atoms with E-state index in [0.717, 1.165) is 5.56 Å². The number of benzene rings is 2. The summed E-state index contributed by atoms with van der Waals surface area (Å²) in [5, 5.41) is 12.7. The number of aliphatic hydroxyl groups is 1. The first-order valence-corrected chi connectivity index (χ1v) is 9.72. The van der Waals surface area contributed by atoms with Crippen LogP contribution in [0, 0.1) is 5.82 Å². The molecule has 0 fully saturated rings. The van der Waals surface area contributed by atoms with Crippen molar-refractivity contribution in [1.82, 2.24) is 5.32 Å². The summed E-state index contributed by atoms with van der Waals surface area (Å²) < 4.78 is 30.5. The molecule has 0 radical (unpaired) electrons. The highest BCUT2D eigenvalue weighted by atomic mass is 35.5. The van der Waals surface area contributed by atoms with Gasteiger partial charge in [0, 0.05) is 29.7 Å². The quantitative estimate of drug-likeness (QED) is 0.492. The molecule has 8 heteroatoms. The van der Waals surface area contributed by atoms with Crippen molar-refractivity contribution in [3.8, 4) is 11.5 Å². The fourth-order valence-electron chi connectivity index (χ4n) is 2.45. The Labute approximate surface area is 174 Å². The lowest BCUT2D eigenvalue weighted by molar-refractivity contribution is 0.0938. The van der Waals surface area contributed by atoms with Crippen LogP contribution in [0.5, 0.6) is 11.5 Å². The summed E-state index contributed by atoms with van der Waals surface area (Å²) in [6, 6.07) is 7.94. The Hall–Kier alpha value is -1.57. The summed E-state index contributed by atoms with van der Waals surface area (Å²) >= 11 is 12.4. The minimum Gasteiger partial charge on any atom is -0.490 e. The van der Waals surface area contributed by atoms with Gasteiger partial charge < -0.3 is 24.6 Å². The van der Waals surface area contributed by atoms with Crippen LogP contribution < -0.4 is 14.8 Å². The number of aliphatic hydroxyl groups excluding tert-OH is 1. The first-order chi connectivity index (χ1) is 13.6. The molecule has 28 heavy (non-hydrogen) atoms. The number of hydrogen-bond donors (Lipinski definition) is 2. The fourth-order valence-corrected chi connectivity index (χ4v) is 2.89. The Morgan fingerprint density at radius 3 is 2.57 bits per heavy atom. The van der Waals surface area contributed by atoms with E-state index in [-0.39, 0.29) is 18.8 Å². The fraction of sp³-hybridized carbons (Fsp3) is 0.400. The van der Waals surface area contributed by atoms with Crippen LogP contribution in [0.25, 0.3) is 0 Å². The van der Waals surface area contributed by atoms with Crippen molar-refractivity contribution in [3.63, 3.8) is 0 Å². The van der Waals surface area contributed by atoms with E-state index >= 15 is 0 Å². The van der Waals surface area contributed by atoms with Crippen molar-refractivity contribution in [2.45, 2.75) is 20.1 Å². The largest absolute Gasteiger partial charge is 0.490 e. The minimum atomic E-state index is -0.430.